The second-order valence-corrected chi connectivity index (χ2v) is 6.99. The highest BCUT2D eigenvalue weighted by atomic mass is 79.9. The van der Waals surface area contributed by atoms with Crippen LogP contribution >= 0.6 is 43.5 Å². The molecule has 1 atom stereocenters. The van der Waals surface area contributed by atoms with Gasteiger partial charge in [0.25, 0.3) is 0 Å². The number of ether oxygens (including phenoxy) is 1. The number of benzene rings is 2. The Balaban J connectivity index is 2.08. The van der Waals surface area contributed by atoms with E-state index in [4.69, 9.17) is 16.3 Å². The Morgan fingerprint density at radius 2 is 1.81 bits per heavy atom. The highest BCUT2D eigenvalue weighted by molar-refractivity contribution is 9.11. The maximum Gasteiger partial charge on any atom is 0.135 e. The first kappa shape index (κ1) is 16.7. The molecule has 21 heavy (non-hydrogen) atoms. The highest BCUT2D eigenvalue weighted by Crippen LogP contribution is 2.35. The molecule has 0 fully saturated rings. The number of nitrogens with one attached hydrogen (secondary N) is 1. The van der Waals surface area contributed by atoms with Gasteiger partial charge in [-0.2, -0.15) is 0 Å². The van der Waals surface area contributed by atoms with Crippen molar-refractivity contribution in [2.24, 2.45) is 0 Å². The molecule has 0 saturated heterocycles. The number of rotatable bonds is 5. The monoisotopic (exact) mass is 431 g/mol. The van der Waals surface area contributed by atoms with Gasteiger partial charge in [0.1, 0.15) is 5.75 Å². The van der Waals surface area contributed by atoms with E-state index in [0.29, 0.717) is 0 Å². The molecule has 1 unspecified atom stereocenters. The van der Waals surface area contributed by atoms with Crippen molar-refractivity contribution in [2.75, 3.05) is 12.4 Å². The average Bonchev–Trinajstić information content (AvgIpc) is 2.44. The molecule has 5 heteroatoms. The molecule has 0 spiro atoms. The summed E-state index contributed by atoms with van der Waals surface area (Å²) >= 11 is 12.9. The first-order chi connectivity index (χ1) is 9.99. The molecule has 0 heterocycles. The van der Waals surface area contributed by atoms with Gasteiger partial charge in [-0.25, -0.2) is 0 Å². The summed E-state index contributed by atoms with van der Waals surface area (Å²) in [7, 11) is 1.66. The van der Waals surface area contributed by atoms with Crippen LogP contribution in [0.3, 0.4) is 0 Å². The summed E-state index contributed by atoms with van der Waals surface area (Å²) in [5.74, 6) is 0.805. The van der Waals surface area contributed by atoms with E-state index in [9.17, 15) is 0 Å². The van der Waals surface area contributed by atoms with E-state index in [1.807, 2.05) is 24.3 Å². The third-order valence-corrected chi connectivity index (χ3v) is 4.63. The average molecular weight is 434 g/mol. The fourth-order valence-corrected chi connectivity index (χ4v) is 3.48. The first-order valence-electron chi connectivity index (χ1n) is 6.53. The van der Waals surface area contributed by atoms with Gasteiger partial charge in [0.2, 0.25) is 0 Å². The molecule has 0 aliphatic rings. The summed E-state index contributed by atoms with van der Waals surface area (Å²) in [5.41, 5.74) is 2.26. The normalized spacial score (nSPS) is 12.0. The predicted octanol–water partition coefficient (Wildman–Crippen LogP) is 5.92. The van der Waals surface area contributed by atoms with Gasteiger partial charge in [-0.1, -0.05) is 23.7 Å². The molecule has 0 amide bonds. The standard InChI is InChI=1S/C16H16Br2ClNO/c1-10(7-11-3-5-12(19)6-4-11)20-15-9-16(21-2)14(18)8-13(15)17/h3-6,8-10,20H,7H2,1-2H3. The second-order valence-electron chi connectivity index (χ2n) is 4.84. The molecule has 2 aromatic rings. The quantitative estimate of drug-likeness (QED) is 0.632. The molecule has 112 valence electrons. The van der Waals surface area contributed by atoms with Crippen LogP contribution in [0.5, 0.6) is 5.75 Å². The molecule has 0 radical (unpaired) electrons. The molecular formula is C16H16Br2ClNO. The third-order valence-electron chi connectivity index (χ3n) is 3.10. The number of hydrogen-bond donors (Lipinski definition) is 1. The van der Waals surface area contributed by atoms with Gasteiger partial charge in [0, 0.05) is 21.6 Å². The van der Waals surface area contributed by atoms with Crippen molar-refractivity contribution in [3.8, 4) is 5.75 Å². The Hall–Kier alpha value is -0.710. The van der Waals surface area contributed by atoms with Crippen LogP contribution in [0.25, 0.3) is 0 Å². The molecule has 1 N–H and O–H groups in total. The molecule has 0 bridgehead atoms. The van der Waals surface area contributed by atoms with Crippen LogP contribution in [-0.4, -0.2) is 13.2 Å². The van der Waals surface area contributed by atoms with E-state index >= 15 is 0 Å². The molecule has 0 aromatic heterocycles. The van der Waals surface area contributed by atoms with Gasteiger partial charge in [-0.05, 0) is 69.0 Å². The van der Waals surface area contributed by atoms with Crippen LogP contribution in [-0.2, 0) is 6.42 Å². The molecule has 2 rings (SSSR count). The minimum Gasteiger partial charge on any atom is -0.495 e. The van der Waals surface area contributed by atoms with Crippen LogP contribution in [0.2, 0.25) is 5.02 Å². The summed E-state index contributed by atoms with van der Waals surface area (Å²) in [5, 5.41) is 4.26. The Kier molecular flexibility index (Phi) is 5.97. The Labute approximate surface area is 147 Å². The number of anilines is 1. The van der Waals surface area contributed by atoms with E-state index in [-0.39, 0.29) is 6.04 Å². The summed E-state index contributed by atoms with van der Waals surface area (Å²) in [6, 6.07) is 12.2. The number of hydrogen-bond acceptors (Lipinski definition) is 2. The number of methoxy groups -OCH3 is 1. The van der Waals surface area contributed by atoms with Gasteiger partial charge in [0.05, 0.1) is 17.3 Å². The van der Waals surface area contributed by atoms with Gasteiger partial charge in [-0.3, -0.25) is 0 Å². The fraction of sp³-hybridized carbons (Fsp3) is 0.250. The molecule has 0 saturated carbocycles. The van der Waals surface area contributed by atoms with Crippen LogP contribution in [0.1, 0.15) is 12.5 Å². The highest BCUT2D eigenvalue weighted by Gasteiger charge is 2.10. The Bertz CT molecular complexity index is 616. The lowest BCUT2D eigenvalue weighted by Crippen LogP contribution is -2.18. The van der Waals surface area contributed by atoms with Gasteiger partial charge < -0.3 is 10.1 Å². The van der Waals surface area contributed by atoms with Crippen molar-refractivity contribution in [1.82, 2.24) is 0 Å². The van der Waals surface area contributed by atoms with Crippen LogP contribution < -0.4 is 10.1 Å². The van der Waals surface area contributed by atoms with Crippen molar-refractivity contribution in [3.05, 3.63) is 55.9 Å². The summed E-state index contributed by atoms with van der Waals surface area (Å²) < 4.78 is 7.25. The van der Waals surface area contributed by atoms with E-state index < -0.39 is 0 Å². The molecular weight excluding hydrogens is 417 g/mol. The summed E-state index contributed by atoms with van der Waals surface area (Å²) in [4.78, 5) is 0. The van der Waals surface area contributed by atoms with Crippen molar-refractivity contribution in [3.63, 3.8) is 0 Å². The minimum atomic E-state index is 0.286. The number of halogens is 3. The van der Waals surface area contributed by atoms with Crippen molar-refractivity contribution >= 4 is 49.1 Å². The molecule has 2 aromatic carbocycles. The zero-order valence-corrected chi connectivity index (χ0v) is 15.7. The third kappa shape index (κ3) is 4.63. The maximum absolute atomic E-state index is 5.91. The smallest absolute Gasteiger partial charge is 0.135 e. The predicted molar refractivity (Wildman–Crippen MR) is 96.6 cm³/mol. The van der Waals surface area contributed by atoms with Gasteiger partial charge in [0.15, 0.2) is 0 Å². The van der Waals surface area contributed by atoms with E-state index in [2.05, 4.69) is 56.2 Å². The first-order valence-corrected chi connectivity index (χ1v) is 8.50. The summed E-state index contributed by atoms with van der Waals surface area (Å²) in [6.07, 6.45) is 0.919. The van der Waals surface area contributed by atoms with E-state index in [1.54, 1.807) is 7.11 Å². The van der Waals surface area contributed by atoms with Crippen LogP contribution in [0.4, 0.5) is 5.69 Å². The topological polar surface area (TPSA) is 21.3 Å². The Morgan fingerprint density at radius 3 is 2.43 bits per heavy atom. The largest absolute Gasteiger partial charge is 0.495 e. The fourth-order valence-electron chi connectivity index (χ4n) is 2.09. The van der Waals surface area contributed by atoms with Crippen molar-refractivity contribution in [1.29, 1.82) is 0 Å². The van der Waals surface area contributed by atoms with Gasteiger partial charge in [-0.15, -0.1) is 0 Å². The molecule has 2 nitrogen and oxygen atoms in total. The summed E-state index contributed by atoms with van der Waals surface area (Å²) in [6.45, 7) is 2.15. The zero-order chi connectivity index (χ0) is 15.4. The van der Waals surface area contributed by atoms with Crippen molar-refractivity contribution < 1.29 is 4.74 Å². The van der Waals surface area contributed by atoms with E-state index in [0.717, 1.165) is 31.8 Å². The van der Waals surface area contributed by atoms with E-state index in [1.165, 1.54) is 5.56 Å². The SMILES string of the molecule is COc1cc(NC(C)Cc2ccc(Cl)cc2)c(Br)cc1Br. The lowest BCUT2D eigenvalue weighted by Gasteiger charge is -2.18. The maximum atomic E-state index is 5.91. The molecule has 0 aliphatic carbocycles. The Morgan fingerprint density at radius 1 is 1.14 bits per heavy atom. The lowest BCUT2D eigenvalue weighted by molar-refractivity contribution is 0.412. The van der Waals surface area contributed by atoms with Crippen LogP contribution in [0, 0.1) is 0 Å². The van der Waals surface area contributed by atoms with Crippen molar-refractivity contribution in [2.45, 2.75) is 19.4 Å². The zero-order valence-electron chi connectivity index (χ0n) is 11.8. The minimum absolute atomic E-state index is 0.286. The van der Waals surface area contributed by atoms with Crippen LogP contribution in [0.15, 0.2) is 45.3 Å². The molecule has 0 aliphatic heterocycles. The lowest BCUT2D eigenvalue weighted by atomic mass is 10.1. The van der Waals surface area contributed by atoms with Gasteiger partial charge >= 0.3 is 0 Å². The second kappa shape index (κ2) is 7.52.